The van der Waals surface area contributed by atoms with E-state index in [1.807, 2.05) is 4.90 Å². The van der Waals surface area contributed by atoms with Gasteiger partial charge in [0.2, 0.25) is 11.8 Å². The number of hydrogen-bond donors (Lipinski definition) is 0. The van der Waals surface area contributed by atoms with Gasteiger partial charge < -0.3 is 9.80 Å². The molecule has 148 valence electrons. The molecule has 1 unspecified atom stereocenters. The van der Waals surface area contributed by atoms with Gasteiger partial charge in [0, 0.05) is 38.6 Å². The van der Waals surface area contributed by atoms with Gasteiger partial charge in [-0.05, 0) is 38.5 Å². The number of hydrogen-bond acceptors (Lipinski definition) is 4. The van der Waals surface area contributed by atoms with E-state index in [1.165, 1.54) is 25.6 Å². The first-order valence-corrected chi connectivity index (χ1v) is 10.6. The van der Waals surface area contributed by atoms with E-state index in [0.717, 1.165) is 51.6 Å². The van der Waals surface area contributed by atoms with Crippen molar-refractivity contribution in [2.45, 2.75) is 76.8 Å². The van der Waals surface area contributed by atoms with E-state index in [4.69, 9.17) is 0 Å². The summed E-state index contributed by atoms with van der Waals surface area (Å²) in [6.07, 6.45) is 13.4. The van der Waals surface area contributed by atoms with Crippen molar-refractivity contribution in [1.82, 2.24) is 24.6 Å². The topological polar surface area (TPSA) is 71.3 Å². The van der Waals surface area contributed by atoms with E-state index in [1.54, 1.807) is 11.0 Å². The smallest absolute Gasteiger partial charge is 0.230 e. The third-order valence-corrected chi connectivity index (χ3v) is 6.74. The van der Waals surface area contributed by atoms with Crippen LogP contribution in [0.1, 0.15) is 64.2 Å². The van der Waals surface area contributed by atoms with Crippen LogP contribution in [0.4, 0.5) is 0 Å². The zero-order valence-corrected chi connectivity index (χ0v) is 16.2. The Bertz CT molecular complexity index is 655. The zero-order chi connectivity index (χ0) is 18.7. The Kier molecular flexibility index (Phi) is 5.45. The summed E-state index contributed by atoms with van der Waals surface area (Å²) in [7, 11) is 0. The minimum absolute atomic E-state index is 0.176. The Morgan fingerprint density at radius 1 is 1.15 bits per heavy atom. The molecule has 2 amide bonds. The molecule has 1 spiro atoms. The van der Waals surface area contributed by atoms with Crippen molar-refractivity contribution in [3.63, 3.8) is 0 Å². The number of carbonyl (C=O) groups is 2. The van der Waals surface area contributed by atoms with Crippen molar-refractivity contribution < 1.29 is 9.59 Å². The molecule has 1 atom stereocenters. The predicted octanol–water partition coefficient (Wildman–Crippen LogP) is 2.23. The van der Waals surface area contributed by atoms with Crippen molar-refractivity contribution >= 4 is 11.8 Å². The third-order valence-electron chi connectivity index (χ3n) is 6.74. The molecule has 0 bridgehead atoms. The van der Waals surface area contributed by atoms with Crippen LogP contribution in [0.25, 0.3) is 0 Å². The molecule has 27 heavy (non-hydrogen) atoms. The highest BCUT2D eigenvalue weighted by molar-refractivity contribution is 5.86. The predicted molar refractivity (Wildman–Crippen MR) is 101 cm³/mol. The minimum Gasteiger partial charge on any atom is -0.342 e. The van der Waals surface area contributed by atoms with E-state index in [2.05, 4.69) is 15.0 Å². The summed E-state index contributed by atoms with van der Waals surface area (Å²) < 4.78 is 1.76. The highest BCUT2D eigenvalue weighted by Gasteiger charge is 2.50. The molecule has 1 aromatic rings. The van der Waals surface area contributed by atoms with Crippen LogP contribution in [0.15, 0.2) is 12.7 Å². The molecule has 3 heterocycles. The number of rotatable bonds is 5. The van der Waals surface area contributed by atoms with Crippen molar-refractivity contribution in [1.29, 1.82) is 0 Å². The highest BCUT2D eigenvalue weighted by Crippen LogP contribution is 2.42. The lowest BCUT2D eigenvalue weighted by Crippen LogP contribution is -2.54. The molecule has 1 aliphatic carbocycles. The fourth-order valence-electron chi connectivity index (χ4n) is 5.20. The first-order chi connectivity index (χ1) is 13.2. The van der Waals surface area contributed by atoms with Crippen LogP contribution in [0.3, 0.4) is 0 Å². The van der Waals surface area contributed by atoms with Crippen LogP contribution >= 0.6 is 0 Å². The number of amides is 2. The molecule has 2 saturated heterocycles. The summed E-state index contributed by atoms with van der Waals surface area (Å²) in [6, 6.07) is 0.441. The number of aryl methyl sites for hydroxylation is 1. The lowest BCUT2D eigenvalue weighted by atomic mass is 9.77. The summed E-state index contributed by atoms with van der Waals surface area (Å²) in [5, 5.41) is 4.07. The molecule has 1 saturated carbocycles. The van der Waals surface area contributed by atoms with Gasteiger partial charge in [0.1, 0.15) is 12.7 Å². The second-order valence-corrected chi connectivity index (χ2v) is 8.50. The number of piperidine rings is 1. The number of likely N-dealkylation sites (tertiary alicyclic amines) is 2. The average molecular weight is 374 g/mol. The SMILES string of the molecule is O=C(CCCn1cncn1)N1CCC2(CCCN(C3CCCCC3)C2=O)C1. The zero-order valence-electron chi connectivity index (χ0n) is 16.2. The van der Waals surface area contributed by atoms with Crippen LogP contribution < -0.4 is 0 Å². The Balaban J connectivity index is 1.32. The molecule has 3 aliphatic rings. The van der Waals surface area contributed by atoms with E-state index in [9.17, 15) is 9.59 Å². The van der Waals surface area contributed by atoms with Gasteiger partial charge in [0.15, 0.2) is 0 Å². The fourth-order valence-corrected chi connectivity index (χ4v) is 5.20. The number of nitrogens with zero attached hydrogens (tertiary/aromatic N) is 5. The van der Waals surface area contributed by atoms with Gasteiger partial charge in [-0.25, -0.2) is 4.98 Å². The van der Waals surface area contributed by atoms with Gasteiger partial charge in [-0.2, -0.15) is 5.10 Å². The van der Waals surface area contributed by atoms with Crippen molar-refractivity contribution in [2.75, 3.05) is 19.6 Å². The van der Waals surface area contributed by atoms with Crippen molar-refractivity contribution in [2.24, 2.45) is 5.41 Å². The molecule has 4 rings (SSSR count). The summed E-state index contributed by atoms with van der Waals surface area (Å²) in [6.45, 7) is 2.97. The molecule has 7 heteroatoms. The summed E-state index contributed by atoms with van der Waals surface area (Å²) in [4.78, 5) is 34.0. The van der Waals surface area contributed by atoms with E-state index >= 15 is 0 Å². The molecular weight excluding hydrogens is 342 g/mol. The van der Waals surface area contributed by atoms with Crippen LogP contribution in [0.2, 0.25) is 0 Å². The largest absolute Gasteiger partial charge is 0.342 e. The quantitative estimate of drug-likeness (QED) is 0.793. The molecular formula is C20H31N5O2. The standard InChI is InChI=1S/C20H31N5O2/c26-18(8-4-11-24-16-21-15-22-24)23-13-10-20(14-23)9-5-12-25(19(20)27)17-6-2-1-3-7-17/h15-17H,1-14H2. The molecule has 2 aliphatic heterocycles. The lowest BCUT2D eigenvalue weighted by Gasteiger charge is -2.44. The van der Waals surface area contributed by atoms with Crippen LogP contribution in [0.5, 0.6) is 0 Å². The van der Waals surface area contributed by atoms with Gasteiger partial charge in [-0.3, -0.25) is 14.3 Å². The normalized spacial score (nSPS) is 26.9. The Hall–Kier alpha value is -1.92. The maximum Gasteiger partial charge on any atom is 0.230 e. The van der Waals surface area contributed by atoms with E-state index in [0.29, 0.717) is 31.5 Å². The average Bonchev–Trinajstić information content (AvgIpc) is 3.36. The first-order valence-electron chi connectivity index (χ1n) is 10.6. The van der Waals surface area contributed by atoms with Gasteiger partial charge in [0.05, 0.1) is 5.41 Å². The molecule has 7 nitrogen and oxygen atoms in total. The van der Waals surface area contributed by atoms with Gasteiger partial charge in [0.25, 0.3) is 0 Å². The molecule has 0 N–H and O–H groups in total. The minimum atomic E-state index is -0.308. The number of aromatic nitrogens is 3. The Morgan fingerprint density at radius 3 is 2.78 bits per heavy atom. The van der Waals surface area contributed by atoms with Crippen molar-refractivity contribution in [3.8, 4) is 0 Å². The second-order valence-electron chi connectivity index (χ2n) is 8.50. The van der Waals surface area contributed by atoms with Gasteiger partial charge >= 0.3 is 0 Å². The van der Waals surface area contributed by atoms with Gasteiger partial charge in [-0.15, -0.1) is 0 Å². The van der Waals surface area contributed by atoms with Crippen molar-refractivity contribution in [3.05, 3.63) is 12.7 Å². The lowest BCUT2D eigenvalue weighted by molar-refractivity contribution is -0.149. The first kappa shape index (κ1) is 18.4. The van der Waals surface area contributed by atoms with E-state index in [-0.39, 0.29) is 11.3 Å². The van der Waals surface area contributed by atoms with Gasteiger partial charge in [-0.1, -0.05) is 19.3 Å². The second kappa shape index (κ2) is 7.98. The molecule has 0 radical (unpaired) electrons. The molecule has 3 fully saturated rings. The maximum atomic E-state index is 13.4. The van der Waals surface area contributed by atoms with Crippen LogP contribution in [0, 0.1) is 5.41 Å². The van der Waals surface area contributed by atoms with E-state index < -0.39 is 0 Å². The summed E-state index contributed by atoms with van der Waals surface area (Å²) in [5.41, 5.74) is -0.308. The Morgan fingerprint density at radius 2 is 2.00 bits per heavy atom. The fraction of sp³-hybridized carbons (Fsp3) is 0.800. The monoisotopic (exact) mass is 373 g/mol. The Labute approximate surface area is 161 Å². The maximum absolute atomic E-state index is 13.4. The van der Waals surface area contributed by atoms with Crippen LogP contribution in [-0.2, 0) is 16.1 Å². The summed E-state index contributed by atoms with van der Waals surface area (Å²) in [5.74, 6) is 0.508. The third kappa shape index (κ3) is 3.87. The summed E-state index contributed by atoms with van der Waals surface area (Å²) >= 11 is 0. The van der Waals surface area contributed by atoms with Crippen LogP contribution in [-0.4, -0.2) is 62.1 Å². The molecule has 0 aromatic carbocycles. The molecule has 1 aromatic heterocycles. The number of carbonyl (C=O) groups excluding carboxylic acids is 2. The highest BCUT2D eigenvalue weighted by atomic mass is 16.2.